The monoisotopic (exact) mass is 266 g/mol. The molecule has 4 nitrogen and oxygen atoms in total. The number of aliphatic hydroxyl groups is 2. The zero-order valence-electron chi connectivity index (χ0n) is 11.4. The minimum Gasteiger partial charge on any atom is -0.392 e. The highest BCUT2D eigenvalue weighted by Gasteiger charge is 2.34. The van der Waals surface area contributed by atoms with E-state index in [0.29, 0.717) is 13.2 Å². The van der Waals surface area contributed by atoms with Gasteiger partial charge in [-0.3, -0.25) is 0 Å². The summed E-state index contributed by atoms with van der Waals surface area (Å²) in [5, 5.41) is 20.7. The second-order valence-corrected chi connectivity index (χ2v) is 5.17. The molecule has 106 valence electrons. The van der Waals surface area contributed by atoms with Crippen molar-refractivity contribution in [1.82, 2.24) is 0 Å². The summed E-state index contributed by atoms with van der Waals surface area (Å²) in [7, 11) is 0. The van der Waals surface area contributed by atoms with E-state index in [0.717, 1.165) is 5.56 Å². The summed E-state index contributed by atoms with van der Waals surface area (Å²) in [6.07, 6.45) is -1.75. The minimum atomic E-state index is -0.694. The average Bonchev–Trinajstić information content (AvgIpc) is 2.99. The first-order valence-electron chi connectivity index (χ1n) is 6.75. The highest BCUT2D eigenvalue weighted by Crippen LogP contribution is 2.30. The molecule has 19 heavy (non-hydrogen) atoms. The second kappa shape index (κ2) is 6.48. The molecule has 0 radical (unpaired) electrons. The quantitative estimate of drug-likeness (QED) is 0.852. The molecule has 2 N–H and O–H groups in total. The molecule has 0 unspecified atom stereocenters. The lowest BCUT2D eigenvalue weighted by molar-refractivity contribution is -0.129. The lowest BCUT2D eigenvalue weighted by Crippen LogP contribution is -2.37. The molecule has 0 amide bonds. The number of benzene rings is 1. The van der Waals surface area contributed by atoms with E-state index in [1.54, 1.807) is 0 Å². The maximum Gasteiger partial charge on any atom is 0.162 e. The molecule has 0 spiro atoms. The van der Waals surface area contributed by atoms with Crippen molar-refractivity contribution < 1.29 is 19.7 Å². The Hall–Kier alpha value is -0.940. The Bertz CT molecular complexity index is 375. The summed E-state index contributed by atoms with van der Waals surface area (Å²) < 4.78 is 10.8. The lowest BCUT2D eigenvalue weighted by Gasteiger charge is -2.30. The maximum absolute atomic E-state index is 10.4. The molecule has 0 bridgehead atoms. The zero-order chi connectivity index (χ0) is 13.8. The van der Waals surface area contributed by atoms with Crippen molar-refractivity contribution in [3.63, 3.8) is 0 Å². The summed E-state index contributed by atoms with van der Waals surface area (Å²) in [5.41, 5.74) is 0.814. The van der Waals surface area contributed by atoms with Gasteiger partial charge in [-0.2, -0.15) is 0 Å². The number of hydrogen-bond donors (Lipinski definition) is 2. The van der Waals surface area contributed by atoms with Crippen LogP contribution in [0.15, 0.2) is 30.3 Å². The summed E-state index contributed by atoms with van der Waals surface area (Å²) in [4.78, 5) is 0. The number of hydrogen-bond acceptors (Lipinski definition) is 4. The summed E-state index contributed by atoms with van der Waals surface area (Å²) in [5.74, 6) is -0.457. The standard InChI is InChI=1S/C15H22O4/c1-10(14(17)12-6-4-3-5-7-12)13(16)11(2)15-18-8-9-19-15/h3-7,10-11,13-17H,8-9H2,1-2H3/t10-,11-,13+,14-/m1/s1. The second-order valence-electron chi connectivity index (χ2n) is 5.17. The SMILES string of the molecule is C[C@H]([C@H](O)[C@@H](C)C1OCCO1)[C@@H](O)c1ccccc1. The van der Waals surface area contributed by atoms with Crippen LogP contribution >= 0.6 is 0 Å². The summed E-state index contributed by atoms with van der Waals surface area (Å²) >= 11 is 0. The van der Waals surface area contributed by atoms with Crippen LogP contribution in [0.1, 0.15) is 25.5 Å². The summed E-state index contributed by atoms with van der Waals surface area (Å²) in [6.45, 7) is 4.86. The highest BCUT2D eigenvalue weighted by atomic mass is 16.7. The molecule has 1 aromatic rings. The van der Waals surface area contributed by atoms with Gasteiger partial charge in [0.15, 0.2) is 6.29 Å². The van der Waals surface area contributed by atoms with E-state index in [9.17, 15) is 10.2 Å². The predicted octanol–water partition coefficient (Wildman–Crippen LogP) is 1.73. The fourth-order valence-corrected chi connectivity index (χ4v) is 2.46. The van der Waals surface area contributed by atoms with Gasteiger partial charge in [0.2, 0.25) is 0 Å². The van der Waals surface area contributed by atoms with Crippen molar-refractivity contribution in [3.05, 3.63) is 35.9 Å². The molecule has 1 heterocycles. The Labute approximate surface area is 114 Å². The van der Waals surface area contributed by atoms with E-state index in [2.05, 4.69) is 0 Å². The Kier molecular flexibility index (Phi) is 4.93. The van der Waals surface area contributed by atoms with Gasteiger partial charge in [-0.1, -0.05) is 44.2 Å². The third kappa shape index (κ3) is 3.34. The van der Waals surface area contributed by atoms with Gasteiger partial charge in [0.25, 0.3) is 0 Å². The van der Waals surface area contributed by atoms with Crippen molar-refractivity contribution >= 4 is 0 Å². The average molecular weight is 266 g/mol. The van der Waals surface area contributed by atoms with Crippen molar-refractivity contribution in [2.45, 2.75) is 32.3 Å². The highest BCUT2D eigenvalue weighted by molar-refractivity contribution is 5.18. The number of rotatable bonds is 5. The van der Waals surface area contributed by atoms with Crippen LogP contribution in [0.5, 0.6) is 0 Å². The predicted molar refractivity (Wildman–Crippen MR) is 71.4 cm³/mol. The molecule has 0 saturated carbocycles. The van der Waals surface area contributed by atoms with E-state index < -0.39 is 12.2 Å². The van der Waals surface area contributed by atoms with E-state index in [1.165, 1.54) is 0 Å². The molecule has 0 aromatic heterocycles. The molecule has 0 aliphatic carbocycles. The first kappa shape index (κ1) is 14.5. The molecule has 4 atom stereocenters. The van der Waals surface area contributed by atoms with Crippen LogP contribution < -0.4 is 0 Å². The maximum atomic E-state index is 10.4. The van der Waals surface area contributed by atoms with Gasteiger partial charge in [-0.15, -0.1) is 0 Å². The van der Waals surface area contributed by atoms with Gasteiger partial charge in [0, 0.05) is 11.8 Å². The molecule has 1 saturated heterocycles. The fraction of sp³-hybridized carbons (Fsp3) is 0.600. The first-order valence-corrected chi connectivity index (χ1v) is 6.75. The van der Waals surface area contributed by atoms with E-state index >= 15 is 0 Å². The van der Waals surface area contributed by atoms with Crippen LogP contribution in [-0.4, -0.2) is 35.8 Å². The largest absolute Gasteiger partial charge is 0.392 e. The lowest BCUT2D eigenvalue weighted by atomic mass is 9.86. The first-order chi connectivity index (χ1) is 9.11. The summed E-state index contributed by atoms with van der Waals surface area (Å²) in [6, 6.07) is 9.39. The third-order valence-electron chi connectivity index (χ3n) is 3.79. The molecule has 1 fully saturated rings. The Morgan fingerprint density at radius 3 is 2.21 bits per heavy atom. The zero-order valence-corrected chi connectivity index (χ0v) is 11.4. The Balaban J connectivity index is 1.99. The van der Waals surface area contributed by atoms with Gasteiger partial charge in [-0.05, 0) is 5.56 Å². The van der Waals surface area contributed by atoms with E-state index in [-0.39, 0.29) is 18.1 Å². The fourth-order valence-electron chi connectivity index (χ4n) is 2.46. The van der Waals surface area contributed by atoms with Crippen LogP contribution in [0.2, 0.25) is 0 Å². The van der Waals surface area contributed by atoms with Crippen molar-refractivity contribution in [2.75, 3.05) is 13.2 Å². The van der Waals surface area contributed by atoms with Gasteiger partial charge in [-0.25, -0.2) is 0 Å². The number of aliphatic hydroxyl groups excluding tert-OH is 2. The van der Waals surface area contributed by atoms with Crippen LogP contribution in [0.4, 0.5) is 0 Å². The Morgan fingerprint density at radius 1 is 1.05 bits per heavy atom. The minimum absolute atomic E-state index is 0.170. The van der Waals surface area contributed by atoms with Crippen molar-refractivity contribution in [1.29, 1.82) is 0 Å². The van der Waals surface area contributed by atoms with E-state index in [4.69, 9.17) is 9.47 Å². The molecule has 1 aliphatic heterocycles. The topological polar surface area (TPSA) is 58.9 Å². The molecular formula is C15H22O4. The third-order valence-corrected chi connectivity index (χ3v) is 3.79. The van der Waals surface area contributed by atoms with Crippen LogP contribution in [0.3, 0.4) is 0 Å². The van der Waals surface area contributed by atoms with Crippen molar-refractivity contribution in [2.24, 2.45) is 11.8 Å². The van der Waals surface area contributed by atoms with E-state index in [1.807, 2.05) is 44.2 Å². The molecule has 4 heteroatoms. The van der Waals surface area contributed by atoms with Crippen LogP contribution in [-0.2, 0) is 9.47 Å². The van der Waals surface area contributed by atoms with Gasteiger partial charge < -0.3 is 19.7 Å². The van der Waals surface area contributed by atoms with Crippen LogP contribution in [0.25, 0.3) is 0 Å². The van der Waals surface area contributed by atoms with Gasteiger partial charge in [0.05, 0.1) is 25.4 Å². The molecule has 1 aromatic carbocycles. The Morgan fingerprint density at radius 2 is 1.63 bits per heavy atom. The van der Waals surface area contributed by atoms with Crippen molar-refractivity contribution in [3.8, 4) is 0 Å². The molecule has 2 rings (SSSR count). The molecule has 1 aliphatic rings. The van der Waals surface area contributed by atoms with Gasteiger partial charge >= 0.3 is 0 Å². The smallest absolute Gasteiger partial charge is 0.162 e. The molecular weight excluding hydrogens is 244 g/mol. The van der Waals surface area contributed by atoms with Crippen LogP contribution in [0, 0.1) is 11.8 Å². The normalized spacial score (nSPS) is 22.9. The van der Waals surface area contributed by atoms with Gasteiger partial charge in [0.1, 0.15) is 0 Å². The number of ether oxygens (including phenoxy) is 2.